The summed E-state index contributed by atoms with van der Waals surface area (Å²) in [7, 11) is 0. The highest BCUT2D eigenvalue weighted by atomic mass is 19.2. The predicted octanol–water partition coefficient (Wildman–Crippen LogP) is 2.86. The van der Waals surface area contributed by atoms with Crippen molar-refractivity contribution in [3.63, 3.8) is 0 Å². The number of alkyl halides is 2. The third-order valence-corrected chi connectivity index (χ3v) is 1.45. The summed E-state index contributed by atoms with van der Waals surface area (Å²) < 4.78 is 25.3. The van der Waals surface area contributed by atoms with E-state index in [2.05, 4.69) is 6.07 Å². The molecule has 0 N–H and O–H groups in total. The van der Waals surface area contributed by atoms with E-state index in [0.717, 1.165) is 0 Å². The lowest BCUT2D eigenvalue weighted by Gasteiger charge is -2.07. The van der Waals surface area contributed by atoms with Gasteiger partial charge in [-0.1, -0.05) is 18.2 Å². The van der Waals surface area contributed by atoms with Gasteiger partial charge in [0.25, 0.3) is 0 Å². The van der Waals surface area contributed by atoms with Crippen LogP contribution in [0.1, 0.15) is 18.7 Å². The van der Waals surface area contributed by atoms with Gasteiger partial charge in [-0.3, -0.25) is 0 Å². The van der Waals surface area contributed by atoms with Crippen molar-refractivity contribution in [2.45, 2.75) is 19.3 Å². The fraction of sp³-hybridized carbons (Fsp3) is 0.333. The Labute approximate surface area is 64.9 Å². The molecule has 0 bridgehead atoms. The molecule has 2 unspecified atom stereocenters. The second-order valence-electron chi connectivity index (χ2n) is 2.42. The predicted molar refractivity (Wildman–Crippen MR) is 39.7 cm³/mol. The Morgan fingerprint density at radius 2 is 2.18 bits per heavy atom. The Morgan fingerprint density at radius 3 is 2.64 bits per heavy atom. The van der Waals surface area contributed by atoms with Crippen LogP contribution in [0.3, 0.4) is 0 Å². The maximum Gasteiger partial charge on any atom is 0.156 e. The van der Waals surface area contributed by atoms with Crippen LogP contribution in [-0.4, -0.2) is 6.17 Å². The molecule has 1 aromatic rings. The average molecular weight is 155 g/mol. The summed E-state index contributed by atoms with van der Waals surface area (Å²) in [5.74, 6) is 0. The standard InChI is InChI=1S/C9H9F2/c1-7(10)9(11)8-5-3-2-4-6-8/h2-3,5-7,9H,1H3. The Balaban J connectivity index is 2.77. The molecule has 0 nitrogen and oxygen atoms in total. The van der Waals surface area contributed by atoms with Gasteiger partial charge >= 0.3 is 0 Å². The molecule has 0 aliphatic heterocycles. The Hall–Kier alpha value is -0.920. The van der Waals surface area contributed by atoms with E-state index < -0.39 is 12.3 Å². The minimum Gasteiger partial charge on any atom is -0.244 e. The SMILES string of the molecule is CC(F)C(F)c1c[c]ccc1. The van der Waals surface area contributed by atoms with Crippen LogP contribution in [0.5, 0.6) is 0 Å². The van der Waals surface area contributed by atoms with E-state index in [9.17, 15) is 8.78 Å². The first kappa shape index (κ1) is 8.18. The number of rotatable bonds is 2. The van der Waals surface area contributed by atoms with Gasteiger partial charge in [0.05, 0.1) is 0 Å². The van der Waals surface area contributed by atoms with Crippen molar-refractivity contribution in [2.75, 3.05) is 0 Å². The third kappa shape index (κ3) is 2.00. The van der Waals surface area contributed by atoms with Crippen LogP contribution in [0, 0.1) is 6.07 Å². The Morgan fingerprint density at radius 1 is 1.45 bits per heavy atom. The fourth-order valence-electron chi connectivity index (χ4n) is 0.844. The molecule has 0 saturated carbocycles. The molecular formula is C9H9F2. The average Bonchev–Trinajstić information content (AvgIpc) is 2.05. The Bertz CT molecular complexity index is 206. The monoisotopic (exact) mass is 155 g/mol. The molecular weight excluding hydrogens is 146 g/mol. The summed E-state index contributed by atoms with van der Waals surface area (Å²) in [5, 5.41) is 0. The largest absolute Gasteiger partial charge is 0.244 e. The molecule has 0 spiro atoms. The normalized spacial score (nSPS) is 15.9. The first-order chi connectivity index (χ1) is 5.22. The van der Waals surface area contributed by atoms with E-state index in [1.165, 1.54) is 13.0 Å². The van der Waals surface area contributed by atoms with Crippen molar-refractivity contribution in [3.05, 3.63) is 35.9 Å². The molecule has 0 aromatic heterocycles. The van der Waals surface area contributed by atoms with E-state index in [-0.39, 0.29) is 0 Å². The van der Waals surface area contributed by atoms with Crippen LogP contribution in [0.4, 0.5) is 8.78 Å². The topological polar surface area (TPSA) is 0 Å². The lowest BCUT2D eigenvalue weighted by atomic mass is 10.1. The zero-order chi connectivity index (χ0) is 8.27. The number of benzene rings is 1. The van der Waals surface area contributed by atoms with E-state index in [1.807, 2.05) is 0 Å². The molecule has 0 aliphatic rings. The minimum absolute atomic E-state index is 0.350. The van der Waals surface area contributed by atoms with Gasteiger partial charge in [0.1, 0.15) is 6.17 Å². The smallest absolute Gasteiger partial charge is 0.156 e. The number of halogens is 2. The van der Waals surface area contributed by atoms with Crippen molar-refractivity contribution < 1.29 is 8.78 Å². The van der Waals surface area contributed by atoms with Crippen LogP contribution in [-0.2, 0) is 0 Å². The molecule has 0 amide bonds. The molecule has 0 saturated heterocycles. The zero-order valence-electron chi connectivity index (χ0n) is 6.22. The van der Waals surface area contributed by atoms with Gasteiger partial charge in [-0.2, -0.15) is 0 Å². The highest BCUT2D eigenvalue weighted by molar-refractivity contribution is 5.17. The molecule has 59 valence electrons. The molecule has 0 aliphatic carbocycles. The molecule has 0 fully saturated rings. The first-order valence-corrected chi connectivity index (χ1v) is 3.46. The lowest BCUT2D eigenvalue weighted by molar-refractivity contribution is 0.185. The van der Waals surface area contributed by atoms with Crippen molar-refractivity contribution in [2.24, 2.45) is 0 Å². The molecule has 1 rings (SSSR count). The van der Waals surface area contributed by atoms with E-state index in [0.29, 0.717) is 5.56 Å². The Kier molecular flexibility index (Phi) is 2.58. The van der Waals surface area contributed by atoms with E-state index in [4.69, 9.17) is 0 Å². The number of hydrogen-bond donors (Lipinski definition) is 0. The van der Waals surface area contributed by atoms with Crippen molar-refractivity contribution in [1.29, 1.82) is 0 Å². The van der Waals surface area contributed by atoms with Gasteiger partial charge in [-0.25, -0.2) is 8.78 Å². The summed E-state index contributed by atoms with van der Waals surface area (Å²) >= 11 is 0. The molecule has 1 radical (unpaired) electrons. The van der Waals surface area contributed by atoms with Gasteiger partial charge < -0.3 is 0 Å². The highest BCUT2D eigenvalue weighted by Gasteiger charge is 2.16. The van der Waals surface area contributed by atoms with E-state index >= 15 is 0 Å². The summed E-state index contributed by atoms with van der Waals surface area (Å²) in [5.41, 5.74) is 0.350. The molecule has 1 aromatic carbocycles. The molecule has 0 heterocycles. The van der Waals surface area contributed by atoms with Crippen molar-refractivity contribution in [1.82, 2.24) is 0 Å². The second kappa shape index (κ2) is 3.46. The summed E-state index contributed by atoms with van der Waals surface area (Å²) in [4.78, 5) is 0. The highest BCUT2D eigenvalue weighted by Crippen LogP contribution is 2.22. The molecule has 2 heteroatoms. The van der Waals surface area contributed by atoms with Crippen LogP contribution in [0.25, 0.3) is 0 Å². The maximum atomic E-state index is 12.9. The lowest BCUT2D eigenvalue weighted by Crippen LogP contribution is -2.03. The minimum atomic E-state index is -1.52. The quantitative estimate of drug-likeness (QED) is 0.616. The van der Waals surface area contributed by atoms with Crippen molar-refractivity contribution >= 4 is 0 Å². The summed E-state index contributed by atoms with van der Waals surface area (Å²) in [6.45, 7) is 1.21. The van der Waals surface area contributed by atoms with Crippen LogP contribution >= 0.6 is 0 Å². The van der Waals surface area contributed by atoms with Crippen molar-refractivity contribution in [3.8, 4) is 0 Å². The third-order valence-electron chi connectivity index (χ3n) is 1.45. The maximum absolute atomic E-state index is 12.9. The van der Waals surface area contributed by atoms with Gasteiger partial charge in [-0.15, -0.1) is 0 Å². The summed E-state index contributed by atoms with van der Waals surface area (Å²) in [6.07, 6.45) is -2.97. The van der Waals surface area contributed by atoms with Crippen LogP contribution in [0.2, 0.25) is 0 Å². The second-order valence-corrected chi connectivity index (χ2v) is 2.42. The van der Waals surface area contributed by atoms with Gasteiger partial charge in [0.15, 0.2) is 6.17 Å². The molecule has 2 atom stereocenters. The van der Waals surface area contributed by atoms with Gasteiger partial charge in [0, 0.05) is 0 Å². The van der Waals surface area contributed by atoms with E-state index in [1.54, 1.807) is 18.2 Å². The number of hydrogen-bond acceptors (Lipinski definition) is 0. The van der Waals surface area contributed by atoms with Gasteiger partial charge in [-0.05, 0) is 24.6 Å². The fourth-order valence-corrected chi connectivity index (χ4v) is 0.844. The van der Waals surface area contributed by atoms with Crippen LogP contribution in [0.15, 0.2) is 24.3 Å². The molecule has 11 heavy (non-hydrogen) atoms. The first-order valence-electron chi connectivity index (χ1n) is 3.46. The van der Waals surface area contributed by atoms with Crippen LogP contribution < -0.4 is 0 Å². The van der Waals surface area contributed by atoms with Gasteiger partial charge in [0.2, 0.25) is 0 Å². The zero-order valence-corrected chi connectivity index (χ0v) is 6.22. The summed E-state index contributed by atoms with van der Waals surface area (Å²) in [6, 6.07) is 9.00.